The van der Waals surface area contributed by atoms with E-state index in [4.69, 9.17) is 4.74 Å². The Bertz CT molecular complexity index is 1060. The third kappa shape index (κ3) is 4.84. The maximum atomic E-state index is 12.2. The summed E-state index contributed by atoms with van der Waals surface area (Å²) in [7, 11) is 0. The van der Waals surface area contributed by atoms with Gasteiger partial charge in [0.25, 0.3) is 5.91 Å². The zero-order chi connectivity index (χ0) is 19.8. The number of nitrogens with one attached hydrogen (secondary N) is 1. The van der Waals surface area contributed by atoms with E-state index < -0.39 is 0 Å². The lowest BCUT2D eigenvalue weighted by atomic mass is 10.1. The fourth-order valence-electron chi connectivity index (χ4n) is 2.50. The molecule has 0 aliphatic carbocycles. The van der Waals surface area contributed by atoms with Crippen molar-refractivity contribution < 1.29 is 9.53 Å². The van der Waals surface area contributed by atoms with Crippen LogP contribution in [0, 0.1) is 11.3 Å². The highest BCUT2D eigenvalue weighted by atomic mass is 79.9. The Kier molecular flexibility index (Phi) is 6.55. The summed E-state index contributed by atoms with van der Waals surface area (Å²) in [6.45, 7) is 0.262. The van der Waals surface area contributed by atoms with Crippen LogP contribution in [0.25, 0.3) is 0 Å². The van der Waals surface area contributed by atoms with Crippen LogP contribution in [0.2, 0.25) is 0 Å². The standard InChI is InChI=1S/C22H16BrN3O2/c23-20-11-5-4-10-19(20)22(27)26-25-14-17-8-3-6-12-21(17)28-15-18-9-2-1-7-16(18)13-24/h1-12,14H,15H2,(H,26,27)/b25-14-. The number of rotatable bonds is 6. The smallest absolute Gasteiger partial charge is 0.272 e. The van der Waals surface area contributed by atoms with Crippen LogP contribution in [-0.2, 0) is 6.61 Å². The molecular formula is C22H16BrN3O2. The van der Waals surface area contributed by atoms with Gasteiger partial charge < -0.3 is 4.74 Å². The predicted molar refractivity (Wildman–Crippen MR) is 111 cm³/mol. The Hall–Kier alpha value is -3.43. The van der Waals surface area contributed by atoms with E-state index in [1.807, 2.05) is 48.5 Å². The lowest BCUT2D eigenvalue weighted by molar-refractivity contribution is 0.0954. The number of para-hydroxylation sites is 1. The normalized spacial score (nSPS) is 10.4. The minimum atomic E-state index is -0.315. The molecule has 0 saturated heterocycles. The van der Waals surface area contributed by atoms with Gasteiger partial charge in [0.1, 0.15) is 12.4 Å². The summed E-state index contributed by atoms with van der Waals surface area (Å²) < 4.78 is 6.56. The number of hydrogen-bond acceptors (Lipinski definition) is 4. The van der Waals surface area contributed by atoms with Crippen molar-refractivity contribution in [2.75, 3.05) is 0 Å². The topological polar surface area (TPSA) is 74.5 Å². The highest BCUT2D eigenvalue weighted by molar-refractivity contribution is 9.10. The Morgan fingerprint density at radius 3 is 2.61 bits per heavy atom. The molecule has 1 amide bonds. The summed E-state index contributed by atoms with van der Waals surface area (Å²) in [5.41, 5.74) is 5.10. The summed E-state index contributed by atoms with van der Waals surface area (Å²) >= 11 is 3.34. The van der Waals surface area contributed by atoms with Gasteiger partial charge >= 0.3 is 0 Å². The molecule has 0 saturated carbocycles. The van der Waals surface area contributed by atoms with Crippen LogP contribution in [0.5, 0.6) is 5.75 Å². The number of halogens is 1. The van der Waals surface area contributed by atoms with E-state index in [1.165, 1.54) is 6.21 Å². The van der Waals surface area contributed by atoms with Crippen LogP contribution in [0.1, 0.15) is 27.0 Å². The number of carbonyl (C=O) groups is 1. The average Bonchev–Trinajstić information content (AvgIpc) is 2.73. The number of benzene rings is 3. The second-order valence-corrected chi connectivity index (χ2v) is 6.63. The van der Waals surface area contributed by atoms with Gasteiger partial charge in [0.2, 0.25) is 0 Å². The van der Waals surface area contributed by atoms with Crippen LogP contribution in [0.4, 0.5) is 0 Å². The van der Waals surface area contributed by atoms with Crippen molar-refractivity contribution in [3.63, 3.8) is 0 Å². The molecule has 0 spiro atoms. The van der Waals surface area contributed by atoms with Crippen molar-refractivity contribution in [1.82, 2.24) is 5.43 Å². The van der Waals surface area contributed by atoms with Crippen molar-refractivity contribution in [2.24, 2.45) is 5.10 Å². The molecule has 1 N–H and O–H groups in total. The Labute approximate surface area is 171 Å². The fraction of sp³-hybridized carbons (Fsp3) is 0.0455. The summed E-state index contributed by atoms with van der Waals surface area (Å²) in [6, 6.07) is 23.9. The van der Waals surface area contributed by atoms with Crippen LogP contribution in [-0.4, -0.2) is 12.1 Å². The van der Waals surface area contributed by atoms with E-state index in [1.54, 1.807) is 24.3 Å². The molecule has 28 heavy (non-hydrogen) atoms. The summed E-state index contributed by atoms with van der Waals surface area (Å²) in [5.74, 6) is 0.291. The van der Waals surface area contributed by atoms with E-state index in [9.17, 15) is 10.1 Å². The maximum absolute atomic E-state index is 12.2. The maximum Gasteiger partial charge on any atom is 0.272 e. The van der Waals surface area contributed by atoms with Crippen molar-refractivity contribution >= 4 is 28.1 Å². The first kappa shape index (κ1) is 19.3. The number of hydrazone groups is 1. The van der Waals surface area contributed by atoms with E-state index >= 15 is 0 Å². The van der Waals surface area contributed by atoms with E-state index in [0.717, 1.165) is 5.56 Å². The van der Waals surface area contributed by atoms with Gasteiger partial charge in [0.05, 0.1) is 23.4 Å². The number of ether oxygens (including phenoxy) is 1. The third-order valence-electron chi connectivity index (χ3n) is 3.93. The number of carbonyl (C=O) groups excluding carboxylic acids is 1. The first-order chi connectivity index (χ1) is 13.7. The molecule has 0 aliphatic heterocycles. The zero-order valence-electron chi connectivity index (χ0n) is 14.8. The number of amides is 1. The first-order valence-electron chi connectivity index (χ1n) is 8.47. The molecule has 0 aliphatic rings. The Morgan fingerprint density at radius 1 is 1.07 bits per heavy atom. The lowest BCUT2D eigenvalue weighted by Crippen LogP contribution is -2.18. The molecule has 0 aromatic heterocycles. The molecule has 3 aromatic rings. The number of nitriles is 1. The molecule has 5 nitrogen and oxygen atoms in total. The minimum absolute atomic E-state index is 0.262. The molecule has 3 rings (SSSR count). The summed E-state index contributed by atoms with van der Waals surface area (Å²) in [4.78, 5) is 12.2. The molecule has 138 valence electrons. The highest BCUT2D eigenvalue weighted by Crippen LogP contribution is 2.19. The molecule has 0 fully saturated rings. The Morgan fingerprint density at radius 2 is 1.79 bits per heavy atom. The van der Waals surface area contributed by atoms with Crippen LogP contribution >= 0.6 is 15.9 Å². The molecule has 6 heteroatoms. The van der Waals surface area contributed by atoms with Crippen molar-refractivity contribution in [1.29, 1.82) is 5.26 Å². The predicted octanol–water partition coefficient (Wildman–Crippen LogP) is 4.66. The van der Waals surface area contributed by atoms with Crippen LogP contribution in [0.3, 0.4) is 0 Å². The van der Waals surface area contributed by atoms with E-state index in [-0.39, 0.29) is 12.5 Å². The fourth-order valence-corrected chi connectivity index (χ4v) is 2.96. The largest absolute Gasteiger partial charge is 0.488 e. The van der Waals surface area contributed by atoms with Crippen molar-refractivity contribution in [3.05, 3.63) is 99.5 Å². The van der Waals surface area contributed by atoms with Gasteiger partial charge in [-0.1, -0.05) is 42.5 Å². The van der Waals surface area contributed by atoms with E-state index in [0.29, 0.717) is 26.9 Å². The summed E-state index contributed by atoms with van der Waals surface area (Å²) in [5, 5.41) is 13.2. The van der Waals surface area contributed by atoms with Gasteiger partial charge in [-0.15, -0.1) is 0 Å². The Balaban J connectivity index is 1.68. The van der Waals surface area contributed by atoms with Gasteiger partial charge in [-0.25, -0.2) is 5.43 Å². The second kappa shape index (κ2) is 9.49. The monoisotopic (exact) mass is 433 g/mol. The van der Waals surface area contributed by atoms with Gasteiger partial charge in [0, 0.05) is 15.6 Å². The van der Waals surface area contributed by atoms with Crippen LogP contribution < -0.4 is 10.2 Å². The van der Waals surface area contributed by atoms with Gasteiger partial charge in [-0.3, -0.25) is 4.79 Å². The van der Waals surface area contributed by atoms with Crippen molar-refractivity contribution in [2.45, 2.75) is 6.61 Å². The SMILES string of the molecule is N#Cc1ccccc1COc1ccccc1/C=N\NC(=O)c1ccccc1Br. The minimum Gasteiger partial charge on any atom is -0.488 e. The van der Waals surface area contributed by atoms with Gasteiger partial charge in [0.15, 0.2) is 0 Å². The molecule has 3 aromatic carbocycles. The van der Waals surface area contributed by atoms with Gasteiger partial charge in [-0.2, -0.15) is 10.4 Å². The van der Waals surface area contributed by atoms with Gasteiger partial charge in [-0.05, 0) is 46.3 Å². The molecular weight excluding hydrogens is 418 g/mol. The van der Waals surface area contributed by atoms with Crippen LogP contribution in [0.15, 0.2) is 82.4 Å². The third-order valence-corrected chi connectivity index (χ3v) is 4.62. The second-order valence-electron chi connectivity index (χ2n) is 5.77. The van der Waals surface area contributed by atoms with E-state index in [2.05, 4.69) is 32.5 Å². The lowest BCUT2D eigenvalue weighted by Gasteiger charge is -2.10. The number of hydrogen-bond donors (Lipinski definition) is 1. The highest BCUT2D eigenvalue weighted by Gasteiger charge is 2.08. The molecule has 0 heterocycles. The quantitative estimate of drug-likeness (QED) is 0.453. The average molecular weight is 434 g/mol. The molecule has 0 atom stereocenters. The van der Waals surface area contributed by atoms with Crippen molar-refractivity contribution in [3.8, 4) is 11.8 Å². The summed E-state index contributed by atoms with van der Waals surface area (Å²) in [6.07, 6.45) is 1.53. The molecule has 0 radical (unpaired) electrons. The zero-order valence-corrected chi connectivity index (χ0v) is 16.4. The molecule has 0 bridgehead atoms. The first-order valence-corrected chi connectivity index (χ1v) is 9.26. The molecule has 0 unspecified atom stereocenters. The number of nitrogens with zero attached hydrogens (tertiary/aromatic N) is 2.